The summed E-state index contributed by atoms with van der Waals surface area (Å²) in [6.07, 6.45) is 0. The van der Waals surface area contributed by atoms with Gasteiger partial charge in [-0.2, -0.15) is 0 Å². The van der Waals surface area contributed by atoms with E-state index in [0.717, 1.165) is 5.56 Å². The maximum atomic E-state index is 12.1. The number of guanidine groups is 1. The van der Waals surface area contributed by atoms with E-state index in [2.05, 4.69) is 20.3 Å². The summed E-state index contributed by atoms with van der Waals surface area (Å²) < 4.78 is 27.0. The highest BCUT2D eigenvalue weighted by Crippen LogP contribution is 2.21. The lowest BCUT2D eigenvalue weighted by molar-refractivity contribution is 0.584. The van der Waals surface area contributed by atoms with Gasteiger partial charge in [0.25, 0.3) is 0 Å². The second-order valence-corrected chi connectivity index (χ2v) is 8.83. The molecular weight excluding hydrogens is 519 g/mol. The van der Waals surface area contributed by atoms with Crippen LogP contribution in [0.1, 0.15) is 25.5 Å². The van der Waals surface area contributed by atoms with Crippen molar-refractivity contribution in [1.29, 1.82) is 0 Å². The zero-order chi connectivity index (χ0) is 19.0. The summed E-state index contributed by atoms with van der Waals surface area (Å²) in [6, 6.07) is 10.9. The standard InChI is InChI=1S/C17H23ClN4O2S2.HI/c1-3-19-17(22-13(2)14-7-4-5-8-15(14)18)20-10-11-21-26(23,24)16-9-6-12-25-16;/h4-9,12-13,21H,3,10-11H2,1-2H3,(H2,19,20,22);1H. The third kappa shape index (κ3) is 7.57. The van der Waals surface area contributed by atoms with Gasteiger partial charge in [0.15, 0.2) is 5.96 Å². The molecule has 1 unspecified atom stereocenters. The molecule has 1 heterocycles. The topological polar surface area (TPSA) is 82.6 Å². The van der Waals surface area contributed by atoms with Crippen LogP contribution in [-0.2, 0) is 10.0 Å². The molecule has 27 heavy (non-hydrogen) atoms. The van der Waals surface area contributed by atoms with Gasteiger partial charge in [0.05, 0.1) is 12.6 Å². The van der Waals surface area contributed by atoms with Crippen molar-refractivity contribution >= 4 is 62.9 Å². The molecule has 0 saturated carbocycles. The molecule has 1 aromatic carbocycles. The molecule has 0 bridgehead atoms. The Bertz CT molecular complexity index is 829. The Labute approximate surface area is 186 Å². The van der Waals surface area contributed by atoms with Crippen molar-refractivity contribution in [2.24, 2.45) is 4.99 Å². The highest BCUT2D eigenvalue weighted by atomic mass is 127. The molecule has 150 valence electrons. The zero-order valence-corrected chi connectivity index (χ0v) is 19.8. The molecule has 0 aliphatic rings. The summed E-state index contributed by atoms with van der Waals surface area (Å²) in [4.78, 5) is 4.42. The van der Waals surface area contributed by atoms with Gasteiger partial charge in [-0.05, 0) is 36.9 Å². The highest BCUT2D eigenvalue weighted by molar-refractivity contribution is 14.0. The lowest BCUT2D eigenvalue weighted by Gasteiger charge is -2.19. The van der Waals surface area contributed by atoms with Gasteiger partial charge in [0.2, 0.25) is 10.0 Å². The van der Waals surface area contributed by atoms with Crippen LogP contribution < -0.4 is 15.4 Å². The summed E-state index contributed by atoms with van der Waals surface area (Å²) in [6.45, 7) is 5.19. The predicted octanol–water partition coefficient (Wildman–Crippen LogP) is 3.61. The van der Waals surface area contributed by atoms with E-state index in [0.29, 0.717) is 28.3 Å². The number of nitrogens with zero attached hydrogens (tertiary/aromatic N) is 1. The van der Waals surface area contributed by atoms with Crippen LogP contribution in [0.2, 0.25) is 5.02 Å². The van der Waals surface area contributed by atoms with Crippen molar-refractivity contribution in [1.82, 2.24) is 15.4 Å². The lowest BCUT2D eigenvalue weighted by Crippen LogP contribution is -2.39. The molecule has 0 aliphatic heterocycles. The number of nitrogens with one attached hydrogen (secondary N) is 3. The summed E-state index contributed by atoms with van der Waals surface area (Å²) in [7, 11) is -3.46. The van der Waals surface area contributed by atoms with Gasteiger partial charge < -0.3 is 10.6 Å². The molecule has 0 saturated heterocycles. The molecule has 10 heteroatoms. The summed E-state index contributed by atoms with van der Waals surface area (Å²) in [5.41, 5.74) is 0.971. The van der Waals surface area contributed by atoms with Crippen LogP contribution in [0, 0.1) is 0 Å². The number of benzene rings is 1. The van der Waals surface area contributed by atoms with Crippen LogP contribution in [0.5, 0.6) is 0 Å². The number of halogens is 2. The van der Waals surface area contributed by atoms with Gasteiger partial charge >= 0.3 is 0 Å². The Morgan fingerprint density at radius 2 is 2.00 bits per heavy atom. The summed E-state index contributed by atoms with van der Waals surface area (Å²) >= 11 is 7.42. The lowest BCUT2D eigenvalue weighted by atomic mass is 10.1. The fourth-order valence-corrected chi connectivity index (χ4v) is 4.62. The first-order chi connectivity index (χ1) is 12.4. The van der Waals surface area contributed by atoms with E-state index in [1.807, 2.05) is 38.1 Å². The molecule has 0 fully saturated rings. The minimum absolute atomic E-state index is 0. The monoisotopic (exact) mass is 542 g/mol. The van der Waals surface area contributed by atoms with E-state index >= 15 is 0 Å². The van der Waals surface area contributed by atoms with Crippen LogP contribution in [0.25, 0.3) is 0 Å². The molecule has 1 atom stereocenters. The second-order valence-electron chi connectivity index (χ2n) is 5.48. The fourth-order valence-electron chi connectivity index (χ4n) is 2.26. The molecule has 3 N–H and O–H groups in total. The maximum Gasteiger partial charge on any atom is 0.250 e. The summed E-state index contributed by atoms with van der Waals surface area (Å²) in [5, 5.41) is 8.85. The van der Waals surface area contributed by atoms with Crippen molar-refractivity contribution in [2.75, 3.05) is 19.6 Å². The Kier molecular flexibility index (Phi) is 10.6. The first kappa shape index (κ1) is 24.2. The van der Waals surface area contributed by atoms with Crippen molar-refractivity contribution in [2.45, 2.75) is 24.1 Å². The number of sulfonamides is 1. The van der Waals surface area contributed by atoms with Crippen molar-refractivity contribution < 1.29 is 8.42 Å². The SMILES string of the molecule is CCNC(=NCCNS(=O)(=O)c1cccs1)NC(C)c1ccccc1Cl.I. The average Bonchev–Trinajstić information content (AvgIpc) is 3.14. The maximum absolute atomic E-state index is 12.1. The van der Waals surface area contributed by atoms with Crippen LogP contribution in [0.15, 0.2) is 51.0 Å². The Morgan fingerprint density at radius 3 is 2.63 bits per heavy atom. The smallest absolute Gasteiger partial charge is 0.250 e. The molecule has 0 aliphatic carbocycles. The third-order valence-corrected chi connectivity index (χ3v) is 6.71. The Hall–Kier alpha value is -0.880. The van der Waals surface area contributed by atoms with Crippen LogP contribution in [0.4, 0.5) is 0 Å². The molecule has 2 aromatic rings. The van der Waals surface area contributed by atoms with E-state index in [-0.39, 0.29) is 36.6 Å². The molecule has 0 spiro atoms. The number of hydrogen-bond acceptors (Lipinski definition) is 4. The van der Waals surface area contributed by atoms with Crippen LogP contribution in [-0.4, -0.2) is 34.0 Å². The molecule has 0 radical (unpaired) electrons. The highest BCUT2D eigenvalue weighted by Gasteiger charge is 2.14. The molecule has 1 aromatic heterocycles. The van der Waals surface area contributed by atoms with E-state index in [9.17, 15) is 8.42 Å². The predicted molar refractivity (Wildman–Crippen MR) is 124 cm³/mol. The molecule has 2 rings (SSSR count). The van der Waals surface area contributed by atoms with E-state index < -0.39 is 10.0 Å². The molecule has 0 amide bonds. The number of aliphatic imine (C=N–C) groups is 1. The average molecular weight is 543 g/mol. The largest absolute Gasteiger partial charge is 0.357 e. The van der Waals surface area contributed by atoms with E-state index in [4.69, 9.17) is 11.6 Å². The minimum atomic E-state index is -3.46. The van der Waals surface area contributed by atoms with Crippen molar-refractivity contribution in [3.05, 3.63) is 52.4 Å². The molecular formula is C17H24ClIN4O2S2. The summed E-state index contributed by atoms with van der Waals surface area (Å²) in [5.74, 6) is 0.607. The van der Waals surface area contributed by atoms with Gasteiger partial charge in [0, 0.05) is 18.1 Å². The Morgan fingerprint density at radius 1 is 1.26 bits per heavy atom. The van der Waals surface area contributed by atoms with Gasteiger partial charge in [-0.3, -0.25) is 4.99 Å². The first-order valence-corrected chi connectivity index (χ1v) is 11.0. The minimum Gasteiger partial charge on any atom is -0.357 e. The first-order valence-electron chi connectivity index (χ1n) is 8.26. The van der Waals surface area contributed by atoms with Crippen molar-refractivity contribution in [3.8, 4) is 0 Å². The third-order valence-electron chi connectivity index (χ3n) is 3.50. The van der Waals surface area contributed by atoms with Gasteiger partial charge in [-0.25, -0.2) is 13.1 Å². The van der Waals surface area contributed by atoms with Crippen molar-refractivity contribution in [3.63, 3.8) is 0 Å². The molecule has 6 nitrogen and oxygen atoms in total. The van der Waals surface area contributed by atoms with Crippen LogP contribution >= 0.6 is 46.9 Å². The number of hydrogen-bond donors (Lipinski definition) is 3. The quantitative estimate of drug-likeness (QED) is 0.206. The number of rotatable bonds is 8. The fraction of sp³-hybridized carbons (Fsp3) is 0.353. The Balaban J connectivity index is 0.00000364. The zero-order valence-electron chi connectivity index (χ0n) is 15.1. The van der Waals surface area contributed by atoms with Gasteiger partial charge in [0.1, 0.15) is 4.21 Å². The van der Waals surface area contributed by atoms with Crippen LogP contribution in [0.3, 0.4) is 0 Å². The second kappa shape index (κ2) is 11.8. The normalized spacial score (nSPS) is 12.9. The van der Waals surface area contributed by atoms with Gasteiger partial charge in [-0.1, -0.05) is 35.9 Å². The van der Waals surface area contributed by atoms with E-state index in [1.54, 1.807) is 17.5 Å². The van der Waals surface area contributed by atoms with Gasteiger partial charge in [-0.15, -0.1) is 35.3 Å². The van der Waals surface area contributed by atoms with E-state index in [1.165, 1.54) is 11.3 Å². The number of thiophene rings is 1.